The Bertz CT molecular complexity index is 915. The maximum atomic E-state index is 13.4. The Balaban J connectivity index is 1.78. The second-order valence-electron chi connectivity index (χ2n) is 5.01. The van der Waals surface area contributed by atoms with Gasteiger partial charge in [-0.1, -0.05) is 17.7 Å². The first-order valence-corrected chi connectivity index (χ1v) is 7.61. The van der Waals surface area contributed by atoms with Crippen molar-refractivity contribution in [3.8, 4) is 11.4 Å². The minimum Gasteiger partial charge on any atom is -0.496 e. The molecule has 9 heteroatoms. The van der Waals surface area contributed by atoms with Crippen LogP contribution in [0.2, 0.25) is 5.02 Å². The highest BCUT2D eigenvalue weighted by Gasteiger charge is 2.15. The molecule has 128 valence electrons. The van der Waals surface area contributed by atoms with Crippen LogP contribution in [0, 0.1) is 5.82 Å². The summed E-state index contributed by atoms with van der Waals surface area (Å²) in [4.78, 5) is 12.4. The molecule has 25 heavy (non-hydrogen) atoms. The zero-order chi connectivity index (χ0) is 17.8. The van der Waals surface area contributed by atoms with Crippen molar-refractivity contribution in [2.75, 3.05) is 7.11 Å². The molecule has 0 aliphatic heterocycles. The maximum absolute atomic E-state index is 13.4. The van der Waals surface area contributed by atoms with Crippen LogP contribution in [0.3, 0.4) is 0 Å². The van der Waals surface area contributed by atoms with Gasteiger partial charge in [0.1, 0.15) is 11.6 Å². The highest BCUT2D eigenvalue weighted by molar-refractivity contribution is 6.31. The molecule has 0 fully saturated rings. The summed E-state index contributed by atoms with van der Waals surface area (Å²) < 4.78 is 19.9. The highest BCUT2D eigenvalue weighted by atomic mass is 35.5. The van der Waals surface area contributed by atoms with E-state index in [-0.39, 0.29) is 6.54 Å². The Morgan fingerprint density at radius 3 is 2.92 bits per heavy atom. The lowest BCUT2D eigenvalue weighted by Crippen LogP contribution is -2.25. The minimum atomic E-state index is -0.411. The summed E-state index contributed by atoms with van der Waals surface area (Å²) in [5.41, 5.74) is 0.745. The standard InChI is InChI=1S/C16H13ClFN5O2/c1-25-14-6-5-10(17)7-13(14)16(24)19-9-15-20-21-22-23(15)12-4-2-3-11(18)8-12/h2-8H,9H2,1H3,(H,19,24). The number of nitrogens with zero attached hydrogens (tertiary/aromatic N) is 4. The number of amides is 1. The fourth-order valence-corrected chi connectivity index (χ4v) is 2.41. The molecule has 1 amide bonds. The molecule has 0 spiro atoms. The summed E-state index contributed by atoms with van der Waals surface area (Å²) in [6.45, 7) is 0.0397. The quantitative estimate of drug-likeness (QED) is 0.754. The van der Waals surface area contributed by atoms with Crippen molar-refractivity contribution in [3.63, 3.8) is 0 Å². The molecule has 3 rings (SSSR count). The topological polar surface area (TPSA) is 81.9 Å². The van der Waals surface area contributed by atoms with Gasteiger partial charge in [0.25, 0.3) is 5.91 Å². The molecule has 1 N–H and O–H groups in total. The van der Waals surface area contributed by atoms with Crippen LogP contribution in [0.25, 0.3) is 5.69 Å². The molecule has 7 nitrogen and oxygen atoms in total. The van der Waals surface area contributed by atoms with Crippen LogP contribution in [0.15, 0.2) is 42.5 Å². The van der Waals surface area contributed by atoms with Gasteiger partial charge in [-0.3, -0.25) is 4.79 Å². The molecule has 0 radical (unpaired) electrons. The number of halogens is 2. The van der Waals surface area contributed by atoms with Crippen LogP contribution < -0.4 is 10.1 Å². The van der Waals surface area contributed by atoms with Crippen LogP contribution in [-0.4, -0.2) is 33.2 Å². The summed E-state index contributed by atoms with van der Waals surface area (Å²) in [5.74, 6) is -0.0636. The van der Waals surface area contributed by atoms with Gasteiger partial charge in [0, 0.05) is 5.02 Å². The van der Waals surface area contributed by atoms with E-state index >= 15 is 0 Å². The van der Waals surface area contributed by atoms with Crippen molar-refractivity contribution in [1.82, 2.24) is 25.5 Å². The number of rotatable bonds is 5. The molecule has 0 unspecified atom stereocenters. The molecule has 1 aromatic heterocycles. The number of ether oxygens (including phenoxy) is 1. The monoisotopic (exact) mass is 361 g/mol. The van der Waals surface area contributed by atoms with Gasteiger partial charge in [-0.25, -0.2) is 4.39 Å². The predicted molar refractivity (Wildman–Crippen MR) is 88.3 cm³/mol. The molecule has 0 atom stereocenters. The SMILES string of the molecule is COc1ccc(Cl)cc1C(=O)NCc1nnnn1-c1cccc(F)c1. The molecule has 0 bridgehead atoms. The van der Waals surface area contributed by atoms with Crippen LogP contribution in [0.4, 0.5) is 4.39 Å². The van der Waals surface area contributed by atoms with Crippen LogP contribution >= 0.6 is 11.6 Å². The lowest BCUT2D eigenvalue weighted by molar-refractivity contribution is 0.0946. The van der Waals surface area contributed by atoms with Crippen molar-refractivity contribution in [1.29, 1.82) is 0 Å². The molecule has 1 heterocycles. The number of nitrogens with one attached hydrogen (secondary N) is 1. The Morgan fingerprint density at radius 1 is 1.32 bits per heavy atom. The average Bonchev–Trinajstić information content (AvgIpc) is 3.08. The second kappa shape index (κ2) is 7.27. The highest BCUT2D eigenvalue weighted by Crippen LogP contribution is 2.22. The third-order valence-corrected chi connectivity index (χ3v) is 3.64. The van der Waals surface area contributed by atoms with Crippen LogP contribution in [0.5, 0.6) is 5.75 Å². The first kappa shape index (κ1) is 16.8. The number of tetrazole rings is 1. The van der Waals surface area contributed by atoms with E-state index in [4.69, 9.17) is 16.3 Å². The third kappa shape index (κ3) is 3.74. The maximum Gasteiger partial charge on any atom is 0.255 e. The van der Waals surface area contributed by atoms with Crippen LogP contribution in [0.1, 0.15) is 16.2 Å². The van der Waals surface area contributed by atoms with Gasteiger partial charge in [0.05, 0.1) is 24.9 Å². The Kier molecular flexibility index (Phi) is 4.90. The van der Waals surface area contributed by atoms with Gasteiger partial charge in [-0.2, -0.15) is 4.68 Å². The van der Waals surface area contributed by atoms with E-state index in [1.807, 2.05) is 0 Å². The van der Waals surface area contributed by atoms with Crippen molar-refractivity contribution >= 4 is 17.5 Å². The second-order valence-corrected chi connectivity index (χ2v) is 5.45. The van der Waals surface area contributed by atoms with E-state index in [9.17, 15) is 9.18 Å². The number of carbonyl (C=O) groups excluding carboxylic acids is 1. The summed E-state index contributed by atoms with van der Waals surface area (Å²) in [7, 11) is 1.46. The van der Waals surface area contributed by atoms with Gasteiger partial charge in [0.15, 0.2) is 5.82 Å². The zero-order valence-electron chi connectivity index (χ0n) is 13.1. The Hall–Kier alpha value is -3.00. The number of methoxy groups -OCH3 is 1. The minimum absolute atomic E-state index is 0.0397. The van der Waals surface area contributed by atoms with Crippen molar-refractivity contribution in [2.45, 2.75) is 6.54 Å². The van der Waals surface area contributed by atoms with Gasteiger partial charge in [-0.05, 0) is 46.8 Å². The van der Waals surface area contributed by atoms with E-state index in [1.54, 1.807) is 24.3 Å². The lowest BCUT2D eigenvalue weighted by Gasteiger charge is -2.10. The predicted octanol–water partition coefficient (Wildman–Crippen LogP) is 2.39. The van der Waals surface area contributed by atoms with E-state index in [2.05, 4.69) is 20.8 Å². The number of aromatic nitrogens is 4. The molecular weight excluding hydrogens is 349 g/mol. The van der Waals surface area contributed by atoms with Gasteiger partial charge < -0.3 is 10.1 Å². The van der Waals surface area contributed by atoms with Crippen LogP contribution in [-0.2, 0) is 6.54 Å². The van der Waals surface area contributed by atoms with Crippen molar-refractivity contribution < 1.29 is 13.9 Å². The normalized spacial score (nSPS) is 10.5. The largest absolute Gasteiger partial charge is 0.496 e. The first-order valence-electron chi connectivity index (χ1n) is 7.23. The van der Waals surface area contributed by atoms with Crippen molar-refractivity contribution in [3.05, 3.63) is 64.7 Å². The van der Waals surface area contributed by atoms with E-state index < -0.39 is 11.7 Å². The number of hydrogen-bond donors (Lipinski definition) is 1. The molecule has 3 aromatic rings. The number of carbonyl (C=O) groups is 1. The molecule has 0 aliphatic rings. The summed E-state index contributed by atoms with van der Waals surface area (Å²) in [6.07, 6.45) is 0. The van der Waals surface area contributed by atoms with Gasteiger partial charge >= 0.3 is 0 Å². The zero-order valence-corrected chi connectivity index (χ0v) is 13.9. The molecule has 0 saturated heterocycles. The summed E-state index contributed by atoms with van der Waals surface area (Å²) >= 11 is 5.93. The number of benzene rings is 2. The smallest absolute Gasteiger partial charge is 0.255 e. The van der Waals surface area contributed by atoms with Gasteiger partial charge in [-0.15, -0.1) is 5.10 Å². The fraction of sp³-hybridized carbons (Fsp3) is 0.125. The Morgan fingerprint density at radius 2 is 2.16 bits per heavy atom. The third-order valence-electron chi connectivity index (χ3n) is 3.40. The van der Waals surface area contributed by atoms with Crippen molar-refractivity contribution in [2.24, 2.45) is 0 Å². The first-order chi connectivity index (χ1) is 12.1. The van der Waals surface area contributed by atoms with E-state index in [0.717, 1.165) is 0 Å². The average molecular weight is 362 g/mol. The lowest BCUT2D eigenvalue weighted by atomic mass is 10.2. The number of hydrogen-bond acceptors (Lipinski definition) is 5. The molecule has 2 aromatic carbocycles. The van der Waals surface area contributed by atoms with E-state index in [0.29, 0.717) is 27.8 Å². The van der Waals surface area contributed by atoms with Gasteiger partial charge in [0.2, 0.25) is 0 Å². The molecular formula is C16H13ClFN5O2. The molecule has 0 saturated carbocycles. The summed E-state index contributed by atoms with van der Waals surface area (Å²) in [5, 5.41) is 14.3. The fourth-order valence-electron chi connectivity index (χ4n) is 2.24. The molecule has 0 aliphatic carbocycles. The van der Waals surface area contributed by atoms with E-state index in [1.165, 1.54) is 30.0 Å². The summed E-state index contributed by atoms with van der Waals surface area (Å²) in [6, 6.07) is 10.6. The Labute approximate surface area is 147 Å².